The first-order valence-corrected chi connectivity index (χ1v) is 9.29. The summed E-state index contributed by atoms with van der Waals surface area (Å²) in [6.07, 6.45) is 1.38. The number of nitrogens with zero attached hydrogens (tertiary/aromatic N) is 2. The van der Waals surface area contributed by atoms with Crippen LogP contribution in [0.2, 0.25) is 0 Å². The van der Waals surface area contributed by atoms with Gasteiger partial charge >= 0.3 is 0 Å². The van der Waals surface area contributed by atoms with Crippen molar-refractivity contribution in [3.05, 3.63) is 15.8 Å². The van der Waals surface area contributed by atoms with Crippen molar-refractivity contribution in [2.24, 2.45) is 0 Å². The molecule has 7 heteroatoms. The summed E-state index contributed by atoms with van der Waals surface area (Å²) < 4.78 is 26.9. The average Bonchev–Trinajstić information content (AvgIpc) is 2.77. The summed E-state index contributed by atoms with van der Waals surface area (Å²) in [6, 6.07) is 1.89. The Morgan fingerprint density at radius 3 is 2.33 bits per heavy atom. The van der Waals surface area contributed by atoms with Gasteiger partial charge in [-0.3, -0.25) is 4.79 Å². The molecule has 1 aliphatic heterocycles. The monoisotopic (exact) mass is 330 g/mol. The molecular formula is C14H22N2O3S2. The zero-order valence-electron chi connectivity index (χ0n) is 12.9. The minimum Gasteiger partial charge on any atom is -0.343 e. The Morgan fingerprint density at radius 1 is 1.33 bits per heavy atom. The minimum absolute atomic E-state index is 0.0283. The van der Waals surface area contributed by atoms with Crippen LogP contribution in [-0.4, -0.2) is 49.7 Å². The Balaban J connectivity index is 2.11. The van der Waals surface area contributed by atoms with Crippen molar-refractivity contribution in [2.45, 2.75) is 44.6 Å². The lowest BCUT2D eigenvalue weighted by atomic mass is 10.1. The molecule has 1 amide bonds. The smallest absolute Gasteiger partial charge is 0.244 e. The molecule has 1 saturated heterocycles. The maximum atomic E-state index is 12.7. The maximum absolute atomic E-state index is 12.7. The van der Waals surface area contributed by atoms with E-state index in [1.165, 1.54) is 11.3 Å². The molecule has 0 spiro atoms. The van der Waals surface area contributed by atoms with Gasteiger partial charge in [0.1, 0.15) is 0 Å². The molecule has 2 heterocycles. The predicted octanol–water partition coefficient (Wildman–Crippen LogP) is 2.00. The van der Waals surface area contributed by atoms with Crippen LogP contribution in [0.4, 0.5) is 0 Å². The molecule has 1 fully saturated rings. The molecule has 0 aromatic carbocycles. The topological polar surface area (TPSA) is 57.7 Å². The van der Waals surface area contributed by atoms with E-state index in [1.807, 2.05) is 13.8 Å². The Labute approximate surface area is 130 Å². The summed E-state index contributed by atoms with van der Waals surface area (Å²) in [5.41, 5.74) is 0. The van der Waals surface area contributed by atoms with E-state index >= 15 is 0 Å². The van der Waals surface area contributed by atoms with E-state index in [2.05, 4.69) is 0 Å². The average molecular weight is 330 g/mol. The van der Waals surface area contributed by atoms with Gasteiger partial charge in [-0.05, 0) is 32.8 Å². The Kier molecular flexibility index (Phi) is 4.75. The van der Waals surface area contributed by atoms with Crippen LogP contribution in [0.25, 0.3) is 0 Å². The molecule has 21 heavy (non-hydrogen) atoms. The van der Waals surface area contributed by atoms with Crippen LogP contribution < -0.4 is 0 Å². The fraction of sp³-hybridized carbons (Fsp3) is 0.643. The van der Waals surface area contributed by atoms with Crippen LogP contribution in [0.1, 0.15) is 29.5 Å². The van der Waals surface area contributed by atoms with E-state index in [9.17, 15) is 13.2 Å². The molecule has 0 N–H and O–H groups in total. The molecule has 1 aliphatic rings. The zero-order valence-corrected chi connectivity index (χ0v) is 14.6. The van der Waals surface area contributed by atoms with Crippen LogP contribution in [0.15, 0.2) is 11.0 Å². The van der Waals surface area contributed by atoms with Crippen LogP contribution in [0.3, 0.4) is 0 Å². The van der Waals surface area contributed by atoms with Gasteiger partial charge in [-0.15, -0.1) is 11.3 Å². The van der Waals surface area contributed by atoms with Crippen LogP contribution in [0, 0.1) is 13.8 Å². The summed E-state index contributed by atoms with van der Waals surface area (Å²) >= 11 is 1.51. The third-order valence-corrected chi connectivity index (χ3v) is 7.20. The number of sulfonamides is 1. The van der Waals surface area contributed by atoms with Crippen molar-refractivity contribution in [1.29, 1.82) is 0 Å². The van der Waals surface area contributed by atoms with Gasteiger partial charge in [0.25, 0.3) is 0 Å². The van der Waals surface area contributed by atoms with E-state index < -0.39 is 10.0 Å². The number of rotatable bonds is 3. The second-order valence-corrected chi connectivity index (χ2v) is 8.91. The number of hydrogen-bond acceptors (Lipinski definition) is 4. The molecule has 0 aliphatic carbocycles. The Bertz CT molecular complexity index is 629. The number of aryl methyl sites for hydroxylation is 2. The van der Waals surface area contributed by atoms with Crippen molar-refractivity contribution in [3.63, 3.8) is 0 Å². The Hall–Kier alpha value is -0.920. The van der Waals surface area contributed by atoms with Gasteiger partial charge in [0.05, 0.1) is 4.90 Å². The Morgan fingerprint density at radius 2 is 1.90 bits per heavy atom. The summed E-state index contributed by atoms with van der Waals surface area (Å²) in [7, 11) is -1.62. The van der Waals surface area contributed by atoms with Gasteiger partial charge in [0, 0.05) is 42.9 Å². The lowest BCUT2D eigenvalue weighted by molar-refractivity contribution is -0.130. The standard InChI is InChI=1S/C14H22N2O3S2/c1-10-9-14(11(2)20-10)21(18,19)16-7-5-13(6-8-16)15(4)12(3)17/h9,13H,5-8H2,1-4H3. The largest absolute Gasteiger partial charge is 0.343 e. The maximum Gasteiger partial charge on any atom is 0.244 e. The van der Waals surface area contributed by atoms with Crippen molar-refractivity contribution in [2.75, 3.05) is 20.1 Å². The number of piperidine rings is 1. The summed E-state index contributed by atoms with van der Waals surface area (Å²) in [5.74, 6) is 0.0283. The number of thiophene rings is 1. The fourth-order valence-corrected chi connectivity index (χ4v) is 5.72. The van der Waals surface area contributed by atoms with E-state index in [0.717, 1.165) is 9.75 Å². The first-order valence-electron chi connectivity index (χ1n) is 7.04. The van der Waals surface area contributed by atoms with Crippen molar-refractivity contribution in [1.82, 2.24) is 9.21 Å². The fourth-order valence-electron chi connectivity index (χ4n) is 2.73. The SMILES string of the molecule is CC(=O)N(C)C1CCN(S(=O)(=O)c2cc(C)sc2C)CC1. The molecule has 0 radical (unpaired) electrons. The number of carbonyl (C=O) groups is 1. The van der Waals surface area contributed by atoms with E-state index in [1.54, 1.807) is 29.2 Å². The highest BCUT2D eigenvalue weighted by molar-refractivity contribution is 7.89. The number of hydrogen-bond donors (Lipinski definition) is 0. The molecular weight excluding hydrogens is 308 g/mol. The van der Waals surface area contributed by atoms with E-state index in [0.29, 0.717) is 30.8 Å². The van der Waals surface area contributed by atoms with Gasteiger partial charge < -0.3 is 4.90 Å². The summed E-state index contributed by atoms with van der Waals surface area (Å²) in [6.45, 7) is 6.25. The van der Waals surface area contributed by atoms with Crippen LogP contribution in [0.5, 0.6) is 0 Å². The van der Waals surface area contributed by atoms with Crippen LogP contribution in [-0.2, 0) is 14.8 Å². The van der Waals surface area contributed by atoms with Gasteiger partial charge in [-0.2, -0.15) is 4.31 Å². The van der Waals surface area contributed by atoms with Crippen LogP contribution >= 0.6 is 11.3 Å². The number of carbonyl (C=O) groups excluding carboxylic acids is 1. The minimum atomic E-state index is -3.40. The van der Waals surface area contributed by atoms with Crippen molar-refractivity contribution >= 4 is 27.3 Å². The van der Waals surface area contributed by atoms with Gasteiger partial charge in [0.15, 0.2) is 0 Å². The molecule has 0 saturated carbocycles. The first kappa shape index (κ1) is 16.5. The third-order valence-electron chi connectivity index (χ3n) is 4.08. The third kappa shape index (κ3) is 3.30. The van der Waals surface area contributed by atoms with Crippen molar-refractivity contribution < 1.29 is 13.2 Å². The predicted molar refractivity (Wildman–Crippen MR) is 84.0 cm³/mol. The summed E-state index contributed by atoms with van der Waals surface area (Å²) in [4.78, 5) is 15.4. The molecule has 1 aromatic heterocycles. The second kappa shape index (κ2) is 6.06. The molecule has 2 rings (SSSR count). The normalized spacial score (nSPS) is 17.9. The van der Waals surface area contributed by atoms with E-state index in [-0.39, 0.29) is 11.9 Å². The highest BCUT2D eigenvalue weighted by atomic mass is 32.2. The van der Waals surface area contributed by atoms with E-state index in [4.69, 9.17) is 0 Å². The first-order chi connectivity index (χ1) is 9.73. The lowest BCUT2D eigenvalue weighted by Gasteiger charge is -2.35. The lowest BCUT2D eigenvalue weighted by Crippen LogP contribution is -2.46. The quantitative estimate of drug-likeness (QED) is 0.852. The molecule has 5 nitrogen and oxygen atoms in total. The van der Waals surface area contributed by atoms with Gasteiger partial charge in [0.2, 0.25) is 15.9 Å². The molecule has 1 aromatic rings. The van der Waals surface area contributed by atoms with Gasteiger partial charge in [-0.1, -0.05) is 0 Å². The summed E-state index contributed by atoms with van der Waals surface area (Å²) in [5, 5.41) is 0. The highest BCUT2D eigenvalue weighted by Crippen LogP contribution is 2.29. The zero-order chi connectivity index (χ0) is 15.8. The molecule has 118 valence electrons. The van der Waals surface area contributed by atoms with Crippen molar-refractivity contribution in [3.8, 4) is 0 Å². The molecule has 0 atom stereocenters. The number of amides is 1. The molecule has 0 unspecified atom stereocenters. The molecule has 0 bridgehead atoms. The van der Waals surface area contributed by atoms with Gasteiger partial charge in [-0.25, -0.2) is 8.42 Å². The highest BCUT2D eigenvalue weighted by Gasteiger charge is 2.32. The second-order valence-electron chi connectivity index (χ2n) is 5.54.